The number of alkyl halides is 2. The second-order valence-corrected chi connectivity index (χ2v) is 2.97. The van der Waals surface area contributed by atoms with Crippen molar-refractivity contribution in [1.29, 1.82) is 5.26 Å². The van der Waals surface area contributed by atoms with Crippen LogP contribution in [0.3, 0.4) is 0 Å². The van der Waals surface area contributed by atoms with Gasteiger partial charge in [-0.3, -0.25) is 4.79 Å². The van der Waals surface area contributed by atoms with E-state index in [0.29, 0.717) is 0 Å². The first-order valence-corrected chi connectivity index (χ1v) is 4.63. The number of hydrogen-bond acceptors (Lipinski definition) is 4. The van der Waals surface area contributed by atoms with Gasteiger partial charge in [-0.05, 0) is 13.0 Å². The number of H-pyrrole nitrogens is 1. The van der Waals surface area contributed by atoms with E-state index in [0.717, 1.165) is 6.07 Å². The van der Waals surface area contributed by atoms with Crippen molar-refractivity contribution in [2.75, 3.05) is 6.61 Å². The van der Waals surface area contributed by atoms with Crippen LogP contribution >= 0.6 is 0 Å². The van der Waals surface area contributed by atoms with Crippen molar-refractivity contribution in [3.63, 3.8) is 0 Å². The van der Waals surface area contributed by atoms with Gasteiger partial charge in [0.15, 0.2) is 0 Å². The summed E-state index contributed by atoms with van der Waals surface area (Å²) in [6.45, 7) is 1.51. The Balaban J connectivity index is 3.40. The molecule has 7 heteroatoms. The van der Waals surface area contributed by atoms with Crippen molar-refractivity contribution in [2.24, 2.45) is 0 Å². The van der Waals surface area contributed by atoms with Gasteiger partial charge in [-0.25, -0.2) is 13.6 Å². The summed E-state index contributed by atoms with van der Waals surface area (Å²) in [5.41, 5.74) is -2.72. The molecule has 0 radical (unpaired) electrons. The van der Waals surface area contributed by atoms with Gasteiger partial charge in [-0.15, -0.1) is 0 Å². The fraction of sp³-hybridized carbons (Fsp3) is 0.300. The molecule has 5 nitrogen and oxygen atoms in total. The van der Waals surface area contributed by atoms with Gasteiger partial charge < -0.3 is 9.72 Å². The van der Waals surface area contributed by atoms with Gasteiger partial charge in [-0.2, -0.15) is 5.26 Å². The second kappa shape index (κ2) is 5.21. The predicted molar refractivity (Wildman–Crippen MR) is 52.7 cm³/mol. The van der Waals surface area contributed by atoms with E-state index < -0.39 is 34.8 Å². The number of rotatable bonds is 3. The number of pyridine rings is 1. The molecule has 17 heavy (non-hydrogen) atoms. The van der Waals surface area contributed by atoms with Crippen LogP contribution in [0.15, 0.2) is 10.9 Å². The molecule has 1 heterocycles. The molecule has 0 aliphatic heterocycles. The molecular formula is C10H8F2N2O3. The summed E-state index contributed by atoms with van der Waals surface area (Å²) < 4.78 is 29.7. The van der Waals surface area contributed by atoms with Crippen LogP contribution in [0.1, 0.15) is 35.0 Å². The second-order valence-electron chi connectivity index (χ2n) is 2.97. The van der Waals surface area contributed by atoms with E-state index in [1.807, 2.05) is 0 Å². The van der Waals surface area contributed by atoms with Gasteiger partial charge in [0.05, 0.1) is 17.9 Å². The Morgan fingerprint density at radius 1 is 1.65 bits per heavy atom. The average molecular weight is 242 g/mol. The maximum atomic E-state index is 12.6. The zero-order chi connectivity index (χ0) is 13.0. The van der Waals surface area contributed by atoms with Crippen molar-refractivity contribution >= 4 is 5.97 Å². The number of aromatic amines is 1. The quantitative estimate of drug-likeness (QED) is 0.811. The SMILES string of the molecule is CCOC(=O)c1cc(C#N)c(=O)[nH]c1C(F)F. The molecule has 0 atom stereocenters. The molecule has 0 unspecified atom stereocenters. The number of hydrogen-bond donors (Lipinski definition) is 1. The highest BCUT2D eigenvalue weighted by Gasteiger charge is 2.22. The summed E-state index contributed by atoms with van der Waals surface area (Å²) in [4.78, 5) is 24.3. The number of aromatic nitrogens is 1. The van der Waals surface area contributed by atoms with Gasteiger partial charge in [0.25, 0.3) is 12.0 Å². The Morgan fingerprint density at radius 3 is 2.76 bits per heavy atom. The van der Waals surface area contributed by atoms with E-state index in [1.54, 1.807) is 4.98 Å². The normalized spacial score (nSPS) is 10.1. The van der Waals surface area contributed by atoms with Crippen LogP contribution in [0, 0.1) is 11.3 Å². The Kier molecular flexibility index (Phi) is 3.93. The first-order valence-electron chi connectivity index (χ1n) is 4.63. The van der Waals surface area contributed by atoms with E-state index in [4.69, 9.17) is 5.26 Å². The summed E-state index contributed by atoms with van der Waals surface area (Å²) in [5, 5.41) is 8.57. The lowest BCUT2D eigenvalue weighted by molar-refractivity contribution is 0.0513. The summed E-state index contributed by atoms with van der Waals surface area (Å²) in [6, 6.07) is 2.31. The van der Waals surface area contributed by atoms with E-state index in [1.165, 1.54) is 13.0 Å². The van der Waals surface area contributed by atoms with Crippen molar-refractivity contribution in [2.45, 2.75) is 13.3 Å². The first kappa shape index (κ1) is 12.8. The fourth-order valence-corrected chi connectivity index (χ4v) is 1.18. The number of carbonyl (C=O) groups is 1. The Labute approximate surface area is 94.6 Å². The number of halogens is 2. The minimum atomic E-state index is -3.03. The summed E-state index contributed by atoms with van der Waals surface area (Å²) >= 11 is 0. The zero-order valence-electron chi connectivity index (χ0n) is 8.79. The highest BCUT2D eigenvalue weighted by Crippen LogP contribution is 2.20. The predicted octanol–water partition coefficient (Wildman–Crippen LogP) is 1.36. The van der Waals surface area contributed by atoms with Gasteiger partial charge in [0, 0.05) is 0 Å². The number of nitrogens with one attached hydrogen (secondary N) is 1. The standard InChI is InChI=1S/C10H8F2N2O3/c1-2-17-10(16)6-3-5(4-13)9(15)14-7(6)8(11)12/h3,8H,2H2,1H3,(H,14,15). The van der Waals surface area contributed by atoms with Crippen LogP contribution in [0.5, 0.6) is 0 Å². The minimum absolute atomic E-state index is 0.00250. The highest BCUT2D eigenvalue weighted by atomic mass is 19.3. The molecular weight excluding hydrogens is 234 g/mol. The number of nitrogens with zero attached hydrogens (tertiary/aromatic N) is 1. The molecule has 0 aliphatic carbocycles. The van der Waals surface area contributed by atoms with Crippen LogP contribution in [0.2, 0.25) is 0 Å². The summed E-state index contributed by atoms with van der Waals surface area (Å²) in [7, 11) is 0. The van der Waals surface area contributed by atoms with Crippen molar-refractivity contribution in [3.05, 3.63) is 33.2 Å². The van der Waals surface area contributed by atoms with E-state index in [-0.39, 0.29) is 6.61 Å². The Morgan fingerprint density at radius 2 is 2.29 bits per heavy atom. The number of nitriles is 1. The Hall–Kier alpha value is -2.23. The topological polar surface area (TPSA) is 82.9 Å². The van der Waals surface area contributed by atoms with E-state index in [9.17, 15) is 18.4 Å². The van der Waals surface area contributed by atoms with Crippen LogP contribution < -0.4 is 5.56 Å². The monoisotopic (exact) mass is 242 g/mol. The zero-order valence-corrected chi connectivity index (χ0v) is 8.79. The van der Waals surface area contributed by atoms with Gasteiger partial charge in [0.2, 0.25) is 0 Å². The van der Waals surface area contributed by atoms with E-state index in [2.05, 4.69) is 4.74 Å². The largest absolute Gasteiger partial charge is 0.462 e. The first-order chi connectivity index (χ1) is 8.01. The molecule has 0 bridgehead atoms. The van der Waals surface area contributed by atoms with Crippen LogP contribution in [0.25, 0.3) is 0 Å². The molecule has 0 spiro atoms. The number of esters is 1. The molecule has 0 saturated heterocycles. The molecule has 90 valence electrons. The lowest BCUT2D eigenvalue weighted by atomic mass is 10.1. The van der Waals surface area contributed by atoms with Crippen LogP contribution in [-0.4, -0.2) is 17.6 Å². The minimum Gasteiger partial charge on any atom is -0.462 e. The molecule has 0 amide bonds. The fourth-order valence-electron chi connectivity index (χ4n) is 1.18. The average Bonchev–Trinajstić information content (AvgIpc) is 2.28. The van der Waals surface area contributed by atoms with Crippen molar-refractivity contribution in [3.8, 4) is 6.07 Å². The van der Waals surface area contributed by atoms with Gasteiger partial charge >= 0.3 is 5.97 Å². The molecule has 0 fully saturated rings. The summed E-state index contributed by atoms with van der Waals surface area (Å²) in [5.74, 6) is -1.00. The Bertz CT molecular complexity index is 531. The molecule has 1 aromatic heterocycles. The molecule has 0 saturated carbocycles. The number of carbonyl (C=O) groups excluding carboxylic acids is 1. The third-order valence-corrected chi connectivity index (χ3v) is 1.91. The van der Waals surface area contributed by atoms with Gasteiger partial charge in [-0.1, -0.05) is 0 Å². The highest BCUT2D eigenvalue weighted by molar-refractivity contribution is 5.91. The van der Waals surface area contributed by atoms with Crippen LogP contribution in [0.4, 0.5) is 8.78 Å². The third kappa shape index (κ3) is 2.66. The van der Waals surface area contributed by atoms with Gasteiger partial charge in [0.1, 0.15) is 11.6 Å². The van der Waals surface area contributed by atoms with Crippen molar-refractivity contribution < 1.29 is 18.3 Å². The third-order valence-electron chi connectivity index (χ3n) is 1.91. The lowest BCUT2D eigenvalue weighted by Crippen LogP contribution is -2.19. The van der Waals surface area contributed by atoms with Crippen molar-refractivity contribution in [1.82, 2.24) is 4.98 Å². The molecule has 1 aromatic rings. The van der Waals surface area contributed by atoms with Crippen LogP contribution in [-0.2, 0) is 4.74 Å². The molecule has 0 aliphatic rings. The maximum Gasteiger partial charge on any atom is 0.340 e. The number of ether oxygens (including phenoxy) is 1. The molecule has 0 aromatic carbocycles. The lowest BCUT2D eigenvalue weighted by Gasteiger charge is -2.07. The maximum absolute atomic E-state index is 12.6. The molecule has 1 N–H and O–H groups in total. The smallest absolute Gasteiger partial charge is 0.340 e. The summed E-state index contributed by atoms with van der Waals surface area (Å²) in [6.07, 6.45) is -3.03. The van der Waals surface area contributed by atoms with E-state index >= 15 is 0 Å². The molecule has 1 rings (SSSR count).